The fourth-order valence-electron chi connectivity index (χ4n) is 1.83. The Morgan fingerprint density at radius 3 is 2.65 bits per heavy atom. The smallest absolute Gasteiger partial charge is 0.265 e. The summed E-state index contributed by atoms with van der Waals surface area (Å²) < 4.78 is 0. The average Bonchev–Trinajstić information content (AvgIpc) is 2.88. The van der Waals surface area contributed by atoms with E-state index in [4.69, 9.17) is 0 Å². The lowest BCUT2D eigenvalue weighted by Gasteiger charge is -2.20. The van der Waals surface area contributed by atoms with E-state index in [1.165, 1.54) is 11.3 Å². The van der Waals surface area contributed by atoms with Crippen molar-refractivity contribution in [3.05, 3.63) is 40.4 Å². The summed E-state index contributed by atoms with van der Waals surface area (Å²) in [5.74, 6) is -0.0249. The lowest BCUT2D eigenvalue weighted by atomic mass is 9.91. The summed E-state index contributed by atoms with van der Waals surface area (Å²) in [7, 11) is 1.77. The van der Waals surface area contributed by atoms with E-state index >= 15 is 0 Å². The van der Waals surface area contributed by atoms with Gasteiger partial charge in [-0.2, -0.15) is 0 Å². The highest BCUT2D eigenvalue weighted by atomic mass is 32.1. The molecule has 0 aliphatic carbocycles. The number of carbonyl (C=O) groups excluding carboxylic acids is 1. The molecule has 0 aliphatic rings. The first-order valence-electron chi connectivity index (χ1n) is 6.34. The molecule has 0 saturated heterocycles. The minimum Gasteiger partial charge on any atom is -0.335 e. The highest BCUT2D eigenvalue weighted by Gasteiger charge is 2.26. The number of thiazole rings is 1. The first kappa shape index (κ1) is 14.6. The minimum absolute atomic E-state index is 0.0249. The summed E-state index contributed by atoms with van der Waals surface area (Å²) in [5, 5.41) is 0. The first-order chi connectivity index (χ1) is 9.39. The van der Waals surface area contributed by atoms with Crippen LogP contribution in [0.1, 0.15) is 41.8 Å². The van der Waals surface area contributed by atoms with Crippen molar-refractivity contribution in [2.24, 2.45) is 0 Å². The van der Waals surface area contributed by atoms with E-state index in [2.05, 4.69) is 35.7 Å². The highest BCUT2D eigenvalue weighted by molar-refractivity contribution is 7.11. The number of hydrogen-bond acceptors (Lipinski definition) is 5. The van der Waals surface area contributed by atoms with E-state index in [0.29, 0.717) is 11.4 Å². The fraction of sp³-hybridized carbons (Fsp3) is 0.429. The second-order valence-electron chi connectivity index (χ2n) is 5.64. The van der Waals surface area contributed by atoms with Crippen molar-refractivity contribution in [1.82, 2.24) is 19.9 Å². The summed E-state index contributed by atoms with van der Waals surface area (Å²) in [6.07, 6.45) is 4.91. The molecule has 2 aromatic heterocycles. The Hall–Kier alpha value is -1.82. The van der Waals surface area contributed by atoms with Crippen molar-refractivity contribution < 1.29 is 4.79 Å². The lowest BCUT2D eigenvalue weighted by molar-refractivity contribution is 0.0785. The van der Waals surface area contributed by atoms with E-state index in [1.54, 1.807) is 36.0 Å². The Kier molecular flexibility index (Phi) is 4.13. The SMILES string of the molecule is CN(Cc1cnccn1)C(=O)c1scnc1C(C)(C)C. The molecule has 0 aromatic carbocycles. The van der Waals surface area contributed by atoms with Crippen LogP contribution in [0.5, 0.6) is 0 Å². The van der Waals surface area contributed by atoms with Gasteiger partial charge in [0.2, 0.25) is 0 Å². The summed E-state index contributed by atoms with van der Waals surface area (Å²) in [6.45, 7) is 6.61. The fourth-order valence-corrected chi connectivity index (χ4v) is 2.82. The van der Waals surface area contributed by atoms with Crippen LogP contribution in [0.2, 0.25) is 0 Å². The summed E-state index contributed by atoms with van der Waals surface area (Å²) in [4.78, 5) is 27.4. The highest BCUT2D eigenvalue weighted by Crippen LogP contribution is 2.28. The molecule has 20 heavy (non-hydrogen) atoms. The van der Waals surface area contributed by atoms with Gasteiger partial charge in [0.15, 0.2) is 0 Å². The van der Waals surface area contributed by atoms with Gasteiger partial charge in [0, 0.05) is 24.9 Å². The molecular formula is C14H18N4OS. The Morgan fingerprint density at radius 1 is 1.30 bits per heavy atom. The molecule has 0 unspecified atom stereocenters. The van der Waals surface area contributed by atoms with Crippen molar-refractivity contribution in [1.29, 1.82) is 0 Å². The third-order valence-corrected chi connectivity index (χ3v) is 3.65. The Bertz CT molecular complexity index is 589. The van der Waals surface area contributed by atoms with Crippen LogP contribution in [0.15, 0.2) is 24.1 Å². The van der Waals surface area contributed by atoms with Crippen LogP contribution in [0.4, 0.5) is 0 Å². The molecule has 2 aromatic rings. The zero-order valence-corrected chi connectivity index (χ0v) is 12.9. The predicted molar refractivity (Wildman–Crippen MR) is 78.6 cm³/mol. The standard InChI is InChI=1S/C14H18N4OS/c1-14(2,3)12-11(20-9-17-12)13(19)18(4)8-10-7-15-5-6-16-10/h5-7,9H,8H2,1-4H3. The maximum Gasteiger partial charge on any atom is 0.265 e. The molecule has 0 radical (unpaired) electrons. The van der Waals surface area contributed by atoms with Crippen LogP contribution >= 0.6 is 11.3 Å². The van der Waals surface area contributed by atoms with E-state index in [-0.39, 0.29) is 11.3 Å². The molecule has 0 N–H and O–H groups in total. The molecule has 0 spiro atoms. The van der Waals surface area contributed by atoms with E-state index in [0.717, 1.165) is 11.4 Å². The maximum atomic E-state index is 12.5. The lowest BCUT2D eigenvalue weighted by Crippen LogP contribution is -2.28. The van der Waals surface area contributed by atoms with Gasteiger partial charge in [-0.15, -0.1) is 11.3 Å². The summed E-state index contributed by atoms with van der Waals surface area (Å²) in [5.41, 5.74) is 3.20. The number of carbonyl (C=O) groups is 1. The topological polar surface area (TPSA) is 59.0 Å². The van der Waals surface area contributed by atoms with Gasteiger partial charge in [-0.25, -0.2) is 4.98 Å². The second-order valence-corrected chi connectivity index (χ2v) is 6.49. The molecule has 6 heteroatoms. The first-order valence-corrected chi connectivity index (χ1v) is 7.22. The van der Waals surface area contributed by atoms with Gasteiger partial charge in [0.25, 0.3) is 5.91 Å². The quantitative estimate of drug-likeness (QED) is 0.871. The van der Waals surface area contributed by atoms with Gasteiger partial charge in [-0.05, 0) is 0 Å². The zero-order chi connectivity index (χ0) is 14.8. The van der Waals surface area contributed by atoms with Gasteiger partial charge in [0.05, 0.1) is 29.6 Å². The van der Waals surface area contributed by atoms with Gasteiger partial charge in [0.1, 0.15) is 4.88 Å². The molecule has 5 nitrogen and oxygen atoms in total. The molecule has 0 atom stereocenters. The zero-order valence-electron chi connectivity index (χ0n) is 12.1. The monoisotopic (exact) mass is 290 g/mol. The van der Waals surface area contributed by atoms with Crippen LogP contribution in [-0.2, 0) is 12.0 Å². The number of aromatic nitrogens is 3. The molecule has 2 rings (SSSR count). The van der Waals surface area contributed by atoms with Crippen molar-refractivity contribution in [3.63, 3.8) is 0 Å². The molecular weight excluding hydrogens is 272 g/mol. The molecule has 0 aliphatic heterocycles. The van der Waals surface area contributed by atoms with Crippen LogP contribution in [0, 0.1) is 0 Å². The van der Waals surface area contributed by atoms with Gasteiger partial charge < -0.3 is 4.90 Å². The number of rotatable bonds is 3. The number of amides is 1. The van der Waals surface area contributed by atoms with Crippen molar-refractivity contribution in [2.45, 2.75) is 32.7 Å². The van der Waals surface area contributed by atoms with E-state index in [1.807, 2.05) is 0 Å². The maximum absolute atomic E-state index is 12.5. The molecule has 2 heterocycles. The van der Waals surface area contributed by atoms with Crippen molar-refractivity contribution >= 4 is 17.2 Å². The Labute approximate surface area is 122 Å². The van der Waals surface area contributed by atoms with Gasteiger partial charge >= 0.3 is 0 Å². The number of nitrogens with zero attached hydrogens (tertiary/aromatic N) is 4. The third-order valence-electron chi connectivity index (χ3n) is 2.83. The van der Waals surface area contributed by atoms with Crippen LogP contribution in [0.25, 0.3) is 0 Å². The van der Waals surface area contributed by atoms with Crippen LogP contribution in [-0.4, -0.2) is 32.8 Å². The minimum atomic E-state index is -0.140. The average molecular weight is 290 g/mol. The summed E-state index contributed by atoms with van der Waals surface area (Å²) >= 11 is 1.39. The van der Waals surface area contributed by atoms with Gasteiger partial charge in [-0.1, -0.05) is 20.8 Å². The largest absolute Gasteiger partial charge is 0.335 e. The third kappa shape index (κ3) is 3.19. The Morgan fingerprint density at radius 2 is 2.05 bits per heavy atom. The van der Waals surface area contributed by atoms with Crippen molar-refractivity contribution in [3.8, 4) is 0 Å². The number of hydrogen-bond donors (Lipinski definition) is 0. The second kappa shape index (κ2) is 5.66. The summed E-state index contributed by atoms with van der Waals surface area (Å²) in [6, 6.07) is 0. The molecule has 0 saturated carbocycles. The normalized spacial score (nSPS) is 11.4. The Balaban J connectivity index is 2.18. The molecule has 106 valence electrons. The molecule has 1 amide bonds. The molecule has 0 bridgehead atoms. The van der Waals surface area contributed by atoms with Crippen molar-refractivity contribution in [2.75, 3.05) is 7.05 Å². The molecule has 0 fully saturated rings. The van der Waals surface area contributed by atoms with E-state index < -0.39 is 0 Å². The van der Waals surface area contributed by atoms with Crippen LogP contribution < -0.4 is 0 Å². The van der Waals surface area contributed by atoms with E-state index in [9.17, 15) is 4.79 Å². The van der Waals surface area contributed by atoms with Gasteiger partial charge in [-0.3, -0.25) is 14.8 Å². The van der Waals surface area contributed by atoms with Crippen LogP contribution in [0.3, 0.4) is 0 Å². The predicted octanol–water partition coefficient (Wildman–Crippen LogP) is 2.50.